The van der Waals surface area contributed by atoms with Crippen LogP contribution < -0.4 is 11.1 Å². The molecule has 5 nitrogen and oxygen atoms in total. The summed E-state index contributed by atoms with van der Waals surface area (Å²) >= 11 is 0. The molecule has 0 fully saturated rings. The van der Waals surface area contributed by atoms with Crippen molar-refractivity contribution in [2.45, 2.75) is 72.4 Å². The number of hydrogen-bond acceptors (Lipinski definition) is 3. The van der Waals surface area contributed by atoms with E-state index < -0.39 is 6.04 Å². The van der Waals surface area contributed by atoms with E-state index >= 15 is 0 Å². The molecule has 0 aliphatic carbocycles. The van der Waals surface area contributed by atoms with Crippen LogP contribution in [0.3, 0.4) is 0 Å². The van der Waals surface area contributed by atoms with E-state index in [0.29, 0.717) is 0 Å². The van der Waals surface area contributed by atoms with Gasteiger partial charge in [0, 0.05) is 12.6 Å². The molecule has 0 unspecified atom stereocenters. The van der Waals surface area contributed by atoms with Crippen LogP contribution in [0.4, 0.5) is 0 Å². The number of amides is 2. The van der Waals surface area contributed by atoms with E-state index in [1.54, 1.807) is 0 Å². The van der Waals surface area contributed by atoms with Gasteiger partial charge in [-0.15, -0.1) is 0 Å². The van der Waals surface area contributed by atoms with Crippen LogP contribution in [0.1, 0.15) is 60.3 Å². The minimum atomic E-state index is -0.441. The molecule has 0 aliphatic rings. The summed E-state index contributed by atoms with van der Waals surface area (Å²) in [5.41, 5.74) is 5.42. The summed E-state index contributed by atoms with van der Waals surface area (Å²) in [6.07, 6.45) is 3.84. The number of hydrogen-bond donors (Lipinski definition) is 2. The Hall–Kier alpha value is -1.10. The molecular formula is C16H33N3O2. The Morgan fingerprint density at radius 2 is 1.76 bits per heavy atom. The van der Waals surface area contributed by atoms with Crippen LogP contribution in [0.2, 0.25) is 0 Å². The minimum Gasteiger partial charge on any atom is -0.368 e. The Balaban J connectivity index is 4.62. The van der Waals surface area contributed by atoms with Gasteiger partial charge in [-0.3, -0.25) is 14.9 Å². The molecule has 124 valence electrons. The monoisotopic (exact) mass is 299 g/mol. The Morgan fingerprint density at radius 1 is 1.14 bits per heavy atom. The predicted octanol–water partition coefficient (Wildman–Crippen LogP) is 1.90. The molecule has 0 aromatic rings. The van der Waals surface area contributed by atoms with E-state index in [0.717, 1.165) is 32.2 Å². The smallest absolute Gasteiger partial charge is 0.236 e. The van der Waals surface area contributed by atoms with Crippen molar-refractivity contribution < 1.29 is 9.59 Å². The number of nitrogens with zero attached hydrogens (tertiary/aromatic N) is 1. The summed E-state index contributed by atoms with van der Waals surface area (Å²) in [6.45, 7) is 11.2. The van der Waals surface area contributed by atoms with Gasteiger partial charge in [0.1, 0.15) is 0 Å². The molecule has 2 amide bonds. The lowest BCUT2D eigenvalue weighted by atomic mass is 9.98. The first kappa shape index (κ1) is 19.9. The number of nitrogens with one attached hydrogen (secondary N) is 1. The Morgan fingerprint density at radius 3 is 2.19 bits per heavy atom. The molecule has 0 aromatic carbocycles. The van der Waals surface area contributed by atoms with Crippen molar-refractivity contribution in [3.05, 3.63) is 0 Å². The van der Waals surface area contributed by atoms with Crippen LogP contribution in [0.5, 0.6) is 0 Å². The van der Waals surface area contributed by atoms with Gasteiger partial charge in [0.15, 0.2) is 0 Å². The molecule has 0 heterocycles. The van der Waals surface area contributed by atoms with Gasteiger partial charge >= 0.3 is 0 Å². The van der Waals surface area contributed by atoms with E-state index in [1.165, 1.54) is 0 Å². The number of primary amides is 1. The molecule has 0 saturated carbocycles. The van der Waals surface area contributed by atoms with Crippen molar-refractivity contribution in [2.75, 3.05) is 13.1 Å². The maximum atomic E-state index is 12.4. The molecule has 3 N–H and O–H groups in total. The van der Waals surface area contributed by atoms with E-state index in [-0.39, 0.29) is 30.3 Å². The topological polar surface area (TPSA) is 75.4 Å². The second-order valence-corrected chi connectivity index (χ2v) is 5.84. The first-order valence-electron chi connectivity index (χ1n) is 8.21. The van der Waals surface area contributed by atoms with E-state index in [9.17, 15) is 9.59 Å². The molecule has 0 aromatic heterocycles. The van der Waals surface area contributed by atoms with Gasteiger partial charge in [-0.1, -0.05) is 40.5 Å². The van der Waals surface area contributed by atoms with Crippen LogP contribution >= 0.6 is 0 Å². The fourth-order valence-corrected chi connectivity index (χ4v) is 2.26. The third-order valence-electron chi connectivity index (χ3n) is 4.19. The SMILES string of the molecule is CCCCN(C(=O)CN[C@H](C(N)=O)[C@@H](C)CC)[C@H](C)CC. The van der Waals surface area contributed by atoms with E-state index in [1.807, 2.05) is 18.7 Å². The van der Waals surface area contributed by atoms with Gasteiger partial charge in [-0.05, 0) is 25.7 Å². The van der Waals surface area contributed by atoms with Gasteiger partial charge in [-0.2, -0.15) is 0 Å². The average molecular weight is 299 g/mol. The standard InChI is InChI=1S/C16H33N3O2/c1-6-9-10-19(13(5)8-3)14(20)11-18-15(16(17)21)12(4)7-2/h12-13,15,18H,6-11H2,1-5H3,(H2,17,21)/t12-,13+,15-/m0/s1. The number of nitrogens with two attached hydrogens (primary N) is 1. The second kappa shape index (κ2) is 10.6. The molecule has 3 atom stereocenters. The third-order valence-corrected chi connectivity index (χ3v) is 4.19. The van der Waals surface area contributed by atoms with E-state index in [2.05, 4.69) is 26.1 Å². The van der Waals surface area contributed by atoms with Crippen LogP contribution in [0.25, 0.3) is 0 Å². The van der Waals surface area contributed by atoms with Crippen molar-refractivity contribution in [1.82, 2.24) is 10.2 Å². The Labute approximate surface area is 129 Å². The molecule has 0 bridgehead atoms. The highest BCUT2D eigenvalue weighted by molar-refractivity contribution is 5.82. The molecule has 0 aliphatic heterocycles. The quantitative estimate of drug-likeness (QED) is 0.612. The molecule has 5 heteroatoms. The fourth-order valence-electron chi connectivity index (χ4n) is 2.26. The van der Waals surface area contributed by atoms with Gasteiger partial charge in [0.25, 0.3) is 0 Å². The molecular weight excluding hydrogens is 266 g/mol. The Bertz CT molecular complexity index is 321. The fraction of sp³-hybridized carbons (Fsp3) is 0.875. The highest BCUT2D eigenvalue weighted by atomic mass is 16.2. The van der Waals surface area contributed by atoms with Gasteiger partial charge in [0.2, 0.25) is 11.8 Å². The summed E-state index contributed by atoms with van der Waals surface area (Å²) in [5, 5.41) is 3.04. The van der Waals surface area contributed by atoms with Crippen LogP contribution in [0, 0.1) is 5.92 Å². The molecule has 0 spiro atoms. The highest BCUT2D eigenvalue weighted by Gasteiger charge is 2.24. The number of carbonyl (C=O) groups excluding carboxylic acids is 2. The van der Waals surface area contributed by atoms with Crippen LogP contribution in [-0.2, 0) is 9.59 Å². The molecule has 0 rings (SSSR count). The van der Waals surface area contributed by atoms with Gasteiger partial charge in [-0.25, -0.2) is 0 Å². The average Bonchev–Trinajstić information content (AvgIpc) is 2.46. The maximum Gasteiger partial charge on any atom is 0.236 e. The van der Waals surface area contributed by atoms with Crippen molar-refractivity contribution in [3.8, 4) is 0 Å². The molecule has 21 heavy (non-hydrogen) atoms. The normalized spacial score (nSPS) is 15.3. The van der Waals surface area contributed by atoms with Crippen molar-refractivity contribution in [1.29, 1.82) is 0 Å². The summed E-state index contributed by atoms with van der Waals surface area (Å²) in [7, 11) is 0. The lowest BCUT2D eigenvalue weighted by molar-refractivity contribution is -0.132. The minimum absolute atomic E-state index is 0.0485. The lowest BCUT2D eigenvalue weighted by Crippen LogP contribution is -2.51. The summed E-state index contributed by atoms with van der Waals surface area (Å²) in [6, 6.07) is -0.217. The van der Waals surface area contributed by atoms with E-state index in [4.69, 9.17) is 5.73 Å². The Kier molecular flexibility index (Phi) is 10.0. The van der Waals surface area contributed by atoms with Gasteiger partial charge < -0.3 is 10.6 Å². The predicted molar refractivity (Wildman–Crippen MR) is 86.8 cm³/mol. The highest BCUT2D eigenvalue weighted by Crippen LogP contribution is 2.09. The third kappa shape index (κ3) is 6.93. The van der Waals surface area contributed by atoms with Crippen molar-refractivity contribution in [2.24, 2.45) is 11.7 Å². The first-order chi connectivity index (χ1) is 9.88. The van der Waals surface area contributed by atoms with Crippen LogP contribution in [-0.4, -0.2) is 41.9 Å². The number of rotatable bonds is 11. The summed E-state index contributed by atoms with van der Waals surface area (Å²) < 4.78 is 0. The van der Waals surface area contributed by atoms with Crippen molar-refractivity contribution >= 4 is 11.8 Å². The zero-order chi connectivity index (χ0) is 16.4. The van der Waals surface area contributed by atoms with Crippen molar-refractivity contribution in [3.63, 3.8) is 0 Å². The largest absolute Gasteiger partial charge is 0.368 e. The summed E-state index contributed by atoms with van der Waals surface area (Å²) in [5.74, 6) is -0.212. The zero-order valence-electron chi connectivity index (χ0n) is 14.3. The molecule has 0 saturated heterocycles. The number of carbonyl (C=O) groups is 2. The maximum absolute atomic E-state index is 12.4. The first-order valence-corrected chi connectivity index (χ1v) is 8.21. The van der Waals surface area contributed by atoms with Crippen LogP contribution in [0.15, 0.2) is 0 Å². The van der Waals surface area contributed by atoms with Gasteiger partial charge in [0.05, 0.1) is 12.6 Å². The zero-order valence-corrected chi connectivity index (χ0v) is 14.3. The second-order valence-electron chi connectivity index (χ2n) is 5.84. The number of unbranched alkanes of at least 4 members (excludes halogenated alkanes) is 1. The lowest BCUT2D eigenvalue weighted by Gasteiger charge is -2.30. The molecule has 0 radical (unpaired) electrons. The summed E-state index contributed by atoms with van der Waals surface area (Å²) in [4.78, 5) is 25.8.